The van der Waals surface area contributed by atoms with Crippen molar-refractivity contribution in [3.8, 4) is 0 Å². The molecule has 0 spiro atoms. The maximum atomic E-state index is 3.88. The van der Waals surface area contributed by atoms with Gasteiger partial charge in [0.05, 0.1) is 0 Å². The van der Waals surface area contributed by atoms with E-state index in [-0.39, 0.29) is 0 Å². The quantitative estimate of drug-likeness (QED) is 0.435. The van der Waals surface area contributed by atoms with E-state index in [1.54, 1.807) is 0 Å². The Kier molecular flexibility index (Phi) is 6.27. The van der Waals surface area contributed by atoms with Crippen LogP contribution in [0, 0.1) is 11.8 Å². The van der Waals surface area contributed by atoms with E-state index in [2.05, 4.69) is 52.5 Å². The van der Waals surface area contributed by atoms with Gasteiger partial charge in [-0.1, -0.05) is 49.8 Å². The first-order valence-electron chi connectivity index (χ1n) is 5.40. The second-order valence-corrected chi connectivity index (χ2v) is 4.63. The third-order valence-corrected chi connectivity index (χ3v) is 2.28. The van der Waals surface area contributed by atoms with Crippen molar-refractivity contribution in [2.75, 3.05) is 0 Å². The standard InChI is InChI=1S/C14H24/c1-11(2)7-9-14(13(5)6)10-8-12(3)4/h7-9,13-14H,1,10H2,2-6H3. The lowest BCUT2D eigenvalue weighted by atomic mass is 9.91. The summed E-state index contributed by atoms with van der Waals surface area (Å²) in [6, 6.07) is 0. The summed E-state index contributed by atoms with van der Waals surface area (Å²) < 4.78 is 0. The zero-order chi connectivity index (χ0) is 11.1. The molecule has 0 amide bonds. The van der Waals surface area contributed by atoms with Gasteiger partial charge in [-0.15, -0.1) is 0 Å². The van der Waals surface area contributed by atoms with E-state index in [9.17, 15) is 0 Å². The second kappa shape index (κ2) is 6.64. The van der Waals surface area contributed by atoms with Gasteiger partial charge in [0, 0.05) is 0 Å². The van der Waals surface area contributed by atoms with Crippen LogP contribution in [0.1, 0.15) is 41.0 Å². The summed E-state index contributed by atoms with van der Waals surface area (Å²) in [5.41, 5.74) is 2.53. The van der Waals surface area contributed by atoms with E-state index < -0.39 is 0 Å². The first-order chi connectivity index (χ1) is 6.43. The molecular formula is C14H24. The normalized spacial score (nSPS) is 13.3. The van der Waals surface area contributed by atoms with Crippen molar-refractivity contribution in [1.82, 2.24) is 0 Å². The molecule has 0 saturated heterocycles. The molecule has 1 atom stereocenters. The van der Waals surface area contributed by atoms with Gasteiger partial charge >= 0.3 is 0 Å². The molecule has 0 rings (SSSR count). The Balaban J connectivity index is 4.31. The van der Waals surface area contributed by atoms with Crippen LogP contribution in [0.2, 0.25) is 0 Å². The molecule has 0 nitrogen and oxygen atoms in total. The average Bonchev–Trinajstić information content (AvgIpc) is 2.02. The van der Waals surface area contributed by atoms with Crippen molar-refractivity contribution in [1.29, 1.82) is 0 Å². The summed E-state index contributed by atoms with van der Waals surface area (Å²) >= 11 is 0. The van der Waals surface area contributed by atoms with E-state index in [0.29, 0.717) is 11.8 Å². The fraction of sp³-hybridized carbons (Fsp3) is 0.571. The molecule has 80 valence electrons. The van der Waals surface area contributed by atoms with Gasteiger partial charge in [-0.05, 0) is 39.0 Å². The molecule has 0 aromatic rings. The summed E-state index contributed by atoms with van der Waals surface area (Å²) in [4.78, 5) is 0. The number of hydrogen-bond acceptors (Lipinski definition) is 0. The summed E-state index contributed by atoms with van der Waals surface area (Å²) in [7, 11) is 0. The highest BCUT2D eigenvalue weighted by Gasteiger charge is 2.07. The highest BCUT2D eigenvalue weighted by atomic mass is 14.1. The van der Waals surface area contributed by atoms with Crippen LogP contribution in [0.4, 0.5) is 0 Å². The average molecular weight is 192 g/mol. The van der Waals surface area contributed by atoms with Gasteiger partial charge in [0.25, 0.3) is 0 Å². The molecule has 14 heavy (non-hydrogen) atoms. The SMILES string of the molecule is C=C(C)C=CC(CC=C(C)C)C(C)C. The van der Waals surface area contributed by atoms with Crippen LogP contribution in [-0.4, -0.2) is 0 Å². The lowest BCUT2D eigenvalue weighted by molar-refractivity contribution is 0.469. The van der Waals surface area contributed by atoms with Gasteiger partial charge in [0.15, 0.2) is 0 Å². The molecule has 1 unspecified atom stereocenters. The minimum absolute atomic E-state index is 0.640. The Morgan fingerprint density at radius 3 is 2.14 bits per heavy atom. The van der Waals surface area contributed by atoms with Crippen LogP contribution in [0.3, 0.4) is 0 Å². The molecule has 0 heteroatoms. The summed E-state index contributed by atoms with van der Waals surface area (Å²) in [5, 5.41) is 0. The zero-order valence-corrected chi connectivity index (χ0v) is 10.3. The van der Waals surface area contributed by atoms with Crippen LogP contribution < -0.4 is 0 Å². The Bertz CT molecular complexity index is 224. The third kappa shape index (κ3) is 6.71. The van der Waals surface area contributed by atoms with Crippen LogP contribution in [0.15, 0.2) is 36.0 Å². The number of hydrogen-bond donors (Lipinski definition) is 0. The Hall–Kier alpha value is -0.780. The smallest absolute Gasteiger partial charge is 0.0173 e. The Morgan fingerprint density at radius 1 is 1.21 bits per heavy atom. The van der Waals surface area contributed by atoms with Crippen LogP contribution >= 0.6 is 0 Å². The molecule has 0 saturated carbocycles. The van der Waals surface area contributed by atoms with E-state index in [1.165, 1.54) is 5.57 Å². The molecule has 0 radical (unpaired) electrons. The van der Waals surface area contributed by atoms with Gasteiger partial charge in [-0.2, -0.15) is 0 Å². The number of rotatable bonds is 5. The molecular weight excluding hydrogens is 168 g/mol. The number of allylic oxidation sites excluding steroid dienone is 5. The second-order valence-electron chi connectivity index (χ2n) is 4.63. The highest BCUT2D eigenvalue weighted by Crippen LogP contribution is 2.18. The predicted molar refractivity (Wildman–Crippen MR) is 66.3 cm³/mol. The van der Waals surface area contributed by atoms with Gasteiger partial charge in [-0.25, -0.2) is 0 Å². The van der Waals surface area contributed by atoms with Crippen molar-refractivity contribution < 1.29 is 0 Å². The first-order valence-corrected chi connectivity index (χ1v) is 5.40. The van der Waals surface area contributed by atoms with Crippen LogP contribution in [0.25, 0.3) is 0 Å². The maximum Gasteiger partial charge on any atom is -0.0173 e. The molecule has 0 N–H and O–H groups in total. The minimum Gasteiger partial charge on any atom is -0.0961 e. The van der Waals surface area contributed by atoms with Crippen molar-refractivity contribution >= 4 is 0 Å². The minimum atomic E-state index is 0.640. The monoisotopic (exact) mass is 192 g/mol. The third-order valence-electron chi connectivity index (χ3n) is 2.28. The summed E-state index contributed by atoms with van der Waals surface area (Å²) in [6.07, 6.45) is 7.87. The molecule has 0 aromatic heterocycles. The molecule has 0 aliphatic carbocycles. The van der Waals surface area contributed by atoms with E-state index in [0.717, 1.165) is 12.0 Å². The Morgan fingerprint density at radius 2 is 1.79 bits per heavy atom. The lowest BCUT2D eigenvalue weighted by Crippen LogP contribution is -2.04. The van der Waals surface area contributed by atoms with E-state index in [4.69, 9.17) is 0 Å². The fourth-order valence-corrected chi connectivity index (χ4v) is 1.23. The largest absolute Gasteiger partial charge is 0.0961 e. The predicted octanol–water partition coefficient (Wildman–Crippen LogP) is 4.75. The molecule has 0 heterocycles. The fourth-order valence-electron chi connectivity index (χ4n) is 1.23. The molecule has 0 aliphatic heterocycles. The molecule has 0 fully saturated rings. The maximum absolute atomic E-state index is 3.88. The highest BCUT2D eigenvalue weighted by molar-refractivity contribution is 5.13. The van der Waals surface area contributed by atoms with Gasteiger partial charge in [0.1, 0.15) is 0 Å². The molecule has 0 bridgehead atoms. The van der Waals surface area contributed by atoms with E-state index >= 15 is 0 Å². The Labute approximate surface area is 89.4 Å². The van der Waals surface area contributed by atoms with Crippen molar-refractivity contribution in [3.05, 3.63) is 36.0 Å². The molecule has 0 aliphatic rings. The van der Waals surface area contributed by atoms with Crippen molar-refractivity contribution in [2.45, 2.75) is 41.0 Å². The molecule has 0 aromatic carbocycles. The first kappa shape index (κ1) is 13.2. The van der Waals surface area contributed by atoms with Crippen LogP contribution in [-0.2, 0) is 0 Å². The van der Waals surface area contributed by atoms with Gasteiger partial charge < -0.3 is 0 Å². The summed E-state index contributed by atoms with van der Waals surface area (Å²) in [5.74, 6) is 1.34. The zero-order valence-electron chi connectivity index (χ0n) is 10.3. The lowest BCUT2D eigenvalue weighted by Gasteiger charge is -2.15. The van der Waals surface area contributed by atoms with Crippen molar-refractivity contribution in [2.24, 2.45) is 11.8 Å². The van der Waals surface area contributed by atoms with Crippen LogP contribution in [0.5, 0.6) is 0 Å². The topological polar surface area (TPSA) is 0 Å². The van der Waals surface area contributed by atoms with Crippen molar-refractivity contribution in [3.63, 3.8) is 0 Å². The van der Waals surface area contributed by atoms with E-state index in [1.807, 2.05) is 6.92 Å². The van der Waals surface area contributed by atoms with Gasteiger partial charge in [0.2, 0.25) is 0 Å². The van der Waals surface area contributed by atoms with Gasteiger partial charge in [-0.3, -0.25) is 0 Å². The summed E-state index contributed by atoms with van der Waals surface area (Å²) in [6.45, 7) is 14.8.